The summed E-state index contributed by atoms with van der Waals surface area (Å²) in [6.45, 7) is 0. The molecule has 0 aliphatic heterocycles. The lowest BCUT2D eigenvalue weighted by atomic mass is 10.1. The summed E-state index contributed by atoms with van der Waals surface area (Å²) in [5.41, 5.74) is 3.16. The lowest BCUT2D eigenvalue weighted by Gasteiger charge is -2.08. The van der Waals surface area contributed by atoms with Crippen LogP contribution in [0.1, 0.15) is 0 Å². The Labute approximate surface area is 153 Å². The molecule has 25 heavy (non-hydrogen) atoms. The van der Waals surface area contributed by atoms with Gasteiger partial charge >= 0.3 is 0 Å². The van der Waals surface area contributed by atoms with Crippen LogP contribution in [0.2, 0.25) is 10.0 Å². The van der Waals surface area contributed by atoms with E-state index in [0.29, 0.717) is 26.7 Å². The van der Waals surface area contributed by atoms with Crippen LogP contribution in [0.15, 0.2) is 63.9 Å². The number of pyridine rings is 1. The van der Waals surface area contributed by atoms with E-state index >= 15 is 0 Å². The van der Waals surface area contributed by atoms with Crippen LogP contribution in [0.5, 0.6) is 0 Å². The summed E-state index contributed by atoms with van der Waals surface area (Å²) in [7, 11) is 1.73. The Balaban J connectivity index is 1.94. The molecule has 0 spiro atoms. The number of hydrogen-bond acceptors (Lipinski definition) is 3. The van der Waals surface area contributed by atoms with Gasteiger partial charge in [-0.05, 0) is 29.8 Å². The number of nitrogens with zero attached hydrogens (tertiary/aromatic N) is 2. The van der Waals surface area contributed by atoms with Gasteiger partial charge in [0.15, 0.2) is 5.58 Å². The second-order valence-corrected chi connectivity index (χ2v) is 6.55. The van der Waals surface area contributed by atoms with Crippen molar-refractivity contribution in [1.82, 2.24) is 9.72 Å². The Morgan fingerprint density at radius 3 is 2.08 bits per heavy atom. The fourth-order valence-corrected chi connectivity index (χ4v) is 3.06. The van der Waals surface area contributed by atoms with Gasteiger partial charge in [-0.1, -0.05) is 52.6 Å². The third-order valence-electron chi connectivity index (χ3n) is 4.12. The maximum atomic E-state index is 12.9. The number of aromatic nitrogens is 2. The van der Waals surface area contributed by atoms with Crippen LogP contribution in [-0.2, 0) is 7.05 Å². The first-order chi connectivity index (χ1) is 12.0. The number of rotatable bonds is 2. The molecular weight excluding hydrogens is 359 g/mol. The van der Waals surface area contributed by atoms with E-state index < -0.39 is 0 Å². The van der Waals surface area contributed by atoms with Crippen LogP contribution in [0.25, 0.3) is 33.5 Å². The summed E-state index contributed by atoms with van der Waals surface area (Å²) in [5, 5.41) is 5.80. The third-order valence-corrected chi connectivity index (χ3v) is 4.63. The van der Waals surface area contributed by atoms with Gasteiger partial charge in [0.25, 0.3) is 5.56 Å². The van der Waals surface area contributed by atoms with Crippen LogP contribution in [0.3, 0.4) is 0 Å². The van der Waals surface area contributed by atoms with Gasteiger partial charge in [-0.3, -0.25) is 4.79 Å². The van der Waals surface area contributed by atoms with Crippen LogP contribution in [-0.4, -0.2) is 9.72 Å². The van der Waals surface area contributed by atoms with Crippen molar-refractivity contribution in [2.75, 3.05) is 0 Å². The molecule has 2 heterocycles. The molecule has 2 aromatic heterocycles. The highest BCUT2D eigenvalue weighted by molar-refractivity contribution is 6.30. The summed E-state index contributed by atoms with van der Waals surface area (Å²) in [6, 6.07) is 16.2. The van der Waals surface area contributed by atoms with E-state index in [9.17, 15) is 4.79 Å². The normalized spacial score (nSPS) is 11.2. The summed E-state index contributed by atoms with van der Waals surface area (Å²) < 4.78 is 7.02. The molecule has 0 aliphatic rings. The SMILES string of the molecule is Cn1c(-c2ccc(Cl)cc2)cc2onc(-c3ccc(Cl)cc3)c2c1=O. The van der Waals surface area contributed by atoms with Gasteiger partial charge in [0.1, 0.15) is 11.1 Å². The van der Waals surface area contributed by atoms with Crippen molar-refractivity contribution in [1.29, 1.82) is 0 Å². The highest BCUT2D eigenvalue weighted by atomic mass is 35.5. The molecule has 0 bridgehead atoms. The summed E-state index contributed by atoms with van der Waals surface area (Å²) in [6.07, 6.45) is 0. The van der Waals surface area contributed by atoms with E-state index in [2.05, 4.69) is 5.16 Å². The zero-order valence-electron chi connectivity index (χ0n) is 13.2. The Bertz CT molecular complexity index is 1130. The smallest absolute Gasteiger partial charge is 0.264 e. The van der Waals surface area contributed by atoms with Crippen molar-refractivity contribution in [2.45, 2.75) is 0 Å². The van der Waals surface area contributed by atoms with Crippen molar-refractivity contribution in [2.24, 2.45) is 7.05 Å². The van der Waals surface area contributed by atoms with Crippen LogP contribution in [0, 0.1) is 0 Å². The second-order valence-electron chi connectivity index (χ2n) is 5.68. The molecule has 4 aromatic rings. The molecule has 0 saturated heterocycles. The van der Waals surface area contributed by atoms with Gasteiger partial charge in [-0.2, -0.15) is 0 Å². The van der Waals surface area contributed by atoms with Gasteiger partial charge < -0.3 is 9.09 Å². The topological polar surface area (TPSA) is 48.0 Å². The van der Waals surface area contributed by atoms with Crippen molar-refractivity contribution >= 4 is 34.2 Å². The molecule has 0 atom stereocenters. The Hall–Kier alpha value is -2.56. The fraction of sp³-hybridized carbons (Fsp3) is 0.0526. The molecule has 6 heteroatoms. The van der Waals surface area contributed by atoms with Gasteiger partial charge in [-0.25, -0.2) is 0 Å². The largest absolute Gasteiger partial charge is 0.355 e. The molecule has 0 saturated carbocycles. The molecule has 4 nitrogen and oxygen atoms in total. The first-order valence-corrected chi connectivity index (χ1v) is 8.31. The predicted molar refractivity (Wildman–Crippen MR) is 100 cm³/mol. The van der Waals surface area contributed by atoms with Gasteiger partial charge in [0.2, 0.25) is 0 Å². The van der Waals surface area contributed by atoms with Crippen molar-refractivity contribution in [3.8, 4) is 22.5 Å². The molecule has 124 valence electrons. The minimum absolute atomic E-state index is 0.173. The molecule has 0 fully saturated rings. The van der Waals surface area contributed by atoms with Gasteiger partial charge in [-0.15, -0.1) is 0 Å². The van der Waals surface area contributed by atoms with Crippen molar-refractivity contribution in [3.05, 3.63) is 75.0 Å². The zero-order chi connectivity index (χ0) is 17.6. The van der Waals surface area contributed by atoms with E-state index in [1.165, 1.54) is 0 Å². The lowest BCUT2D eigenvalue weighted by molar-refractivity contribution is 0.459. The monoisotopic (exact) mass is 370 g/mol. The molecule has 0 unspecified atom stereocenters. The summed E-state index contributed by atoms with van der Waals surface area (Å²) in [4.78, 5) is 12.9. The van der Waals surface area contributed by atoms with Crippen LogP contribution in [0.4, 0.5) is 0 Å². The Morgan fingerprint density at radius 1 is 0.920 bits per heavy atom. The molecule has 2 aromatic carbocycles. The first kappa shape index (κ1) is 15.9. The van der Waals surface area contributed by atoms with E-state index in [4.69, 9.17) is 27.7 Å². The highest BCUT2D eigenvalue weighted by Crippen LogP contribution is 2.29. The molecule has 0 aliphatic carbocycles. The quantitative estimate of drug-likeness (QED) is 0.489. The average Bonchev–Trinajstić information content (AvgIpc) is 3.04. The van der Waals surface area contributed by atoms with Gasteiger partial charge in [0.05, 0.1) is 5.69 Å². The summed E-state index contributed by atoms with van der Waals surface area (Å²) in [5.74, 6) is 0. The number of halogens is 2. The van der Waals surface area contributed by atoms with Gasteiger partial charge in [0, 0.05) is 28.7 Å². The number of fused-ring (bicyclic) bond motifs is 1. The highest BCUT2D eigenvalue weighted by Gasteiger charge is 2.18. The molecular formula is C19H12Cl2N2O2. The van der Waals surface area contributed by atoms with E-state index in [1.54, 1.807) is 35.9 Å². The van der Waals surface area contributed by atoms with Crippen molar-refractivity contribution in [3.63, 3.8) is 0 Å². The van der Waals surface area contributed by atoms with Crippen LogP contribution < -0.4 is 5.56 Å². The molecule has 0 N–H and O–H groups in total. The summed E-state index contributed by atoms with van der Waals surface area (Å²) >= 11 is 11.9. The predicted octanol–water partition coefficient (Wildman–Crippen LogP) is 5.17. The van der Waals surface area contributed by atoms with E-state index in [1.807, 2.05) is 30.3 Å². The molecule has 0 amide bonds. The number of benzene rings is 2. The fourth-order valence-electron chi connectivity index (χ4n) is 2.81. The minimum atomic E-state index is -0.173. The molecule has 0 radical (unpaired) electrons. The van der Waals surface area contributed by atoms with Crippen LogP contribution >= 0.6 is 23.2 Å². The third kappa shape index (κ3) is 2.73. The minimum Gasteiger partial charge on any atom is -0.355 e. The average molecular weight is 371 g/mol. The first-order valence-electron chi connectivity index (χ1n) is 7.56. The Kier molecular flexibility index (Phi) is 3.86. The number of hydrogen-bond donors (Lipinski definition) is 0. The maximum Gasteiger partial charge on any atom is 0.264 e. The van der Waals surface area contributed by atoms with Crippen molar-refractivity contribution < 1.29 is 4.52 Å². The molecule has 4 rings (SSSR count). The maximum absolute atomic E-state index is 12.9. The lowest BCUT2D eigenvalue weighted by Crippen LogP contribution is -2.18. The van der Waals surface area contributed by atoms with E-state index in [0.717, 1.165) is 16.8 Å². The standard InChI is InChI=1S/C19H12Cl2N2O2/c1-23-15(11-2-6-13(20)7-3-11)10-16-17(19(23)24)18(22-25-16)12-4-8-14(21)9-5-12/h2-10H,1H3. The zero-order valence-corrected chi connectivity index (χ0v) is 14.7. The van der Waals surface area contributed by atoms with E-state index in [-0.39, 0.29) is 5.56 Å². The second kappa shape index (κ2) is 6.06. The Morgan fingerprint density at radius 2 is 1.48 bits per heavy atom.